The average molecular weight is 407 g/mol. The van der Waals surface area contributed by atoms with Gasteiger partial charge in [0.05, 0.1) is 5.69 Å². The highest BCUT2D eigenvalue weighted by Gasteiger charge is 2.75. The van der Waals surface area contributed by atoms with Gasteiger partial charge in [-0.1, -0.05) is 49.4 Å². The van der Waals surface area contributed by atoms with Crippen LogP contribution in [0.4, 0.5) is 26.3 Å². The second kappa shape index (κ2) is 6.34. The Hall–Kier alpha value is -2.83. The van der Waals surface area contributed by atoms with Crippen LogP contribution in [-0.2, 0) is 11.8 Å². The Kier molecular flexibility index (Phi) is 4.26. The summed E-state index contributed by atoms with van der Waals surface area (Å²) in [6, 6.07) is 12.1. The number of aromatic nitrogens is 1. The molecule has 0 bridgehead atoms. The highest BCUT2D eigenvalue weighted by atomic mass is 19.4. The lowest BCUT2D eigenvalue weighted by molar-refractivity contribution is -0.287. The molecule has 0 spiro atoms. The fourth-order valence-electron chi connectivity index (χ4n) is 4.18. The summed E-state index contributed by atoms with van der Waals surface area (Å²) in [7, 11) is 0. The molecule has 150 valence electrons. The number of hydrogen-bond donors (Lipinski definition) is 0. The number of hydrogen-bond acceptors (Lipinski definition) is 1. The van der Waals surface area contributed by atoms with Crippen LogP contribution in [0.3, 0.4) is 0 Å². The first-order chi connectivity index (χ1) is 13.6. The summed E-state index contributed by atoms with van der Waals surface area (Å²) < 4.78 is 85.3. The molecule has 1 nitrogen and oxygen atoms in total. The number of benzene rings is 2. The number of nitrogens with zero attached hydrogens (tertiary/aromatic N) is 1. The van der Waals surface area contributed by atoms with Gasteiger partial charge in [0.2, 0.25) is 5.41 Å². The summed E-state index contributed by atoms with van der Waals surface area (Å²) in [6.45, 7) is 1.85. The summed E-state index contributed by atoms with van der Waals surface area (Å²) in [5.74, 6) is 0. The quantitative estimate of drug-likeness (QED) is 0.431. The molecule has 1 aliphatic rings. The number of pyridine rings is 1. The molecular formula is C22H15F6N. The van der Waals surface area contributed by atoms with Crippen LogP contribution in [0.5, 0.6) is 0 Å². The molecule has 1 heterocycles. The number of halogens is 6. The van der Waals surface area contributed by atoms with E-state index in [4.69, 9.17) is 0 Å². The number of alkyl halides is 6. The van der Waals surface area contributed by atoms with Gasteiger partial charge in [-0.2, -0.15) is 26.3 Å². The van der Waals surface area contributed by atoms with E-state index in [1.54, 1.807) is 12.1 Å². The van der Waals surface area contributed by atoms with Gasteiger partial charge in [-0.3, -0.25) is 4.98 Å². The molecule has 0 unspecified atom stereocenters. The van der Waals surface area contributed by atoms with Crippen molar-refractivity contribution in [3.05, 3.63) is 77.5 Å². The molecule has 0 amide bonds. The maximum absolute atomic E-state index is 14.2. The van der Waals surface area contributed by atoms with Gasteiger partial charge in [0, 0.05) is 11.8 Å². The Morgan fingerprint density at radius 1 is 0.793 bits per heavy atom. The normalized spacial score (nSPS) is 15.1. The van der Waals surface area contributed by atoms with Gasteiger partial charge < -0.3 is 0 Å². The van der Waals surface area contributed by atoms with Crippen molar-refractivity contribution in [2.45, 2.75) is 31.1 Å². The van der Waals surface area contributed by atoms with E-state index in [0.717, 1.165) is 17.7 Å². The van der Waals surface area contributed by atoms with Crippen molar-refractivity contribution in [3.63, 3.8) is 0 Å². The standard InChI is InChI=1S/C22H15F6N/c1-2-13-6-5-11-29-19(13)14-9-10-16-15-7-3-4-8-17(15)20(18(16)12-14,21(23,24)25)22(26,27)28/h3-12H,2H2,1H3. The van der Waals surface area contributed by atoms with Crippen LogP contribution in [-0.4, -0.2) is 17.3 Å². The lowest BCUT2D eigenvalue weighted by atomic mass is 9.76. The minimum atomic E-state index is -5.57. The van der Waals surface area contributed by atoms with Crippen molar-refractivity contribution >= 4 is 0 Å². The van der Waals surface area contributed by atoms with Gasteiger partial charge >= 0.3 is 12.4 Å². The summed E-state index contributed by atoms with van der Waals surface area (Å²) in [6.07, 6.45) is -9.12. The van der Waals surface area contributed by atoms with Gasteiger partial charge in [-0.25, -0.2) is 0 Å². The number of aryl methyl sites for hydroxylation is 1. The predicted octanol–water partition coefficient (Wildman–Crippen LogP) is 6.70. The van der Waals surface area contributed by atoms with Crippen LogP contribution in [0.15, 0.2) is 60.8 Å². The summed E-state index contributed by atoms with van der Waals surface area (Å²) in [5, 5.41) is 0. The van der Waals surface area contributed by atoms with Crippen LogP contribution in [0.2, 0.25) is 0 Å². The Labute approximate surface area is 163 Å². The lowest BCUT2D eigenvalue weighted by Crippen LogP contribution is -2.53. The first kappa shape index (κ1) is 19.5. The first-order valence-corrected chi connectivity index (χ1v) is 8.95. The molecule has 4 rings (SSSR count). The third-order valence-corrected chi connectivity index (χ3v) is 5.44. The molecule has 1 aliphatic carbocycles. The molecule has 0 N–H and O–H groups in total. The highest BCUT2D eigenvalue weighted by molar-refractivity contribution is 5.84. The topological polar surface area (TPSA) is 12.9 Å². The predicted molar refractivity (Wildman–Crippen MR) is 97.4 cm³/mol. The van der Waals surface area contributed by atoms with Gasteiger partial charge in [0.15, 0.2) is 0 Å². The van der Waals surface area contributed by atoms with Crippen molar-refractivity contribution in [2.75, 3.05) is 0 Å². The Bertz CT molecular complexity index is 1070. The van der Waals surface area contributed by atoms with Crippen molar-refractivity contribution in [2.24, 2.45) is 0 Å². The van der Waals surface area contributed by atoms with Crippen LogP contribution in [0.1, 0.15) is 23.6 Å². The Morgan fingerprint density at radius 3 is 2.10 bits per heavy atom. The minimum absolute atomic E-state index is 0.0552. The molecule has 2 aromatic carbocycles. The molecule has 1 aromatic heterocycles. The second-order valence-electron chi connectivity index (χ2n) is 6.92. The van der Waals surface area contributed by atoms with Gasteiger partial charge in [-0.15, -0.1) is 0 Å². The SMILES string of the molecule is CCc1cccnc1-c1ccc2c(c1)C(C(F)(F)F)(C(F)(F)F)c1ccccc1-2. The average Bonchev–Trinajstić information content (AvgIpc) is 2.98. The maximum Gasteiger partial charge on any atom is 0.411 e. The van der Waals surface area contributed by atoms with E-state index in [-0.39, 0.29) is 16.7 Å². The largest absolute Gasteiger partial charge is 0.411 e. The van der Waals surface area contributed by atoms with Gasteiger partial charge in [-0.05, 0) is 46.4 Å². The first-order valence-electron chi connectivity index (χ1n) is 8.95. The van der Waals surface area contributed by atoms with Crippen LogP contribution >= 0.6 is 0 Å². The van der Waals surface area contributed by atoms with E-state index in [9.17, 15) is 26.3 Å². The third-order valence-electron chi connectivity index (χ3n) is 5.44. The van der Waals surface area contributed by atoms with E-state index in [1.165, 1.54) is 36.5 Å². The molecule has 0 atom stereocenters. The van der Waals surface area contributed by atoms with Crippen molar-refractivity contribution in [3.8, 4) is 22.4 Å². The fourth-order valence-corrected chi connectivity index (χ4v) is 4.18. The molecule has 7 heteroatoms. The summed E-state index contributed by atoms with van der Waals surface area (Å²) in [4.78, 5) is 4.20. The van der Waals surface area contributed by atoms with E-state index < -0.39 is 28.9 Å². The third kappa shape index (κ3) is 2.59. The van der Waals surface area contributed by atoms with E-state index >= 15 is 0 Å². The highest BCUT2D eigenvalue weighted by Crippen LogP contribution is 2.63. The summed E-state index contributed by atoms with van der Waals surface area (Å²) >= 11 is 0. The Morgan fingerprint density at radius 2 is 1.45 bits per heavy atom. The van der Waals surface area contributed by atoms with Crippen LogP contribution in [0, 0.1) is 0 Å². The van der Waals surface area contributed by atoms with Gasteiger partial charge in [0.1, 0.15) is 0 Å². The molecule has 0 radical (unpaired) electrons. The van der Waals surface area contributed by atoms with Gasteiger partial charge in [0.25, 0.3) is 0 Å². The van der Waals surface area contributed by atoms with E-state index in [0.29, 0.717) is 12.1 Å². The number of rotatable bonds is 2. The Balaban J connectivity index is 2.09. The molecule has 0 fully saturated rings. The molecule has 3 aromatic rings. The van der Waals surface area contributed by atoms with Crippen molar-refractivity contribution in [1.29, 1.82) is 0 Å². The van der Waals surface area contributed by atoms with Crippen molar-refractivity contribution in [1.82, 2.24) is 4.98 Å². The number of fused-ring (bicyclic) bond motifs is 3. The fraction of sp³-hybridized carbons (Fsp3) is 0.227. The zero-order chi connectivity index (χ0) is 21.0. The molecule has 0 saturated carbocycles. The monoisotopic (exact) mass is 407 g/mol. The van der Waals surface area contributed by atoms with Crippen LogP contribution in [0.25, 0.3) is 22.4 Å². The smallest absolute Gasteiger partial charge is 0.256 e. The second-order valence-corrected chi connectivity index (χ2v) is 6.92. The maximum atomic E-state index is 14.2. The zero-order valence-electron chi connectivity index (χ0n) is 15.2. The molecule has 0 saturated heterocycles. The van der Waals surface area contributed by atoms with E-state index in [2.05, 4.69) is 4.98 Å². The summed E-state index contributed by atoms with van der Waals surface area (Å²) in [5.41, 5.74) is -4.43. The minimum Gasteiger partial charge on any atom is -0.256 e. The van der Waals surface area contributed by atoms with E-state index in [1.807, 2.05) is 6.92 Å². The lowest BCUT2D eigenvalue weighted by Gasteiger charge is -2.36. The molecular weight excluding hydrogens is 392 g/mol. The zero-order valence-corrected chi connectivity index (χ0v) is 15.2. The van der Waals surface area contributed by atoms with Crippen LogP contribution < -0.4 is 0 Å². The van der Waals surface area contributed by atoms with Crippen molar-refractivity contribution < 1.29 is 26.3 Å². The molecule has 0 aliphatic heterocycles. The molecule has 29 heavy (non-hydrogen) atoms.